The molecule has 2 saturated heterocycles. The summed E-state index contributed by atoms with van der Waals surface area (Å²) in [5.41, 5.74) is 0.722. The van der Waals surface area contributed by atoms with Crippen LogP contribution in [0.3, 0.4) is 0 Å². The molecule has 2 N–H and O–H groups in total. The lowest BCUT2D eigenvalue weighted by molar-refractivity contribution is -0.127. The molecule has 0 atom stereocenters. The van der Waals surface area contributed by atoms with E-state index in [0.717, 1.165) is 44.5 Å². The number of piperidine rings is 1. The highest BCUT2D eigenvalue weighted by Gasteiger charge is 2.40. The second kappa shape index (κ2) is 10.4. The second-order valence-electron chi connectivity index (χ2n) is 7.72. The molecule has 0 aromatic rings. The van der Waals surface area contributed by atoms with Crippen molar-refractivity contribution < 1.29 is 14.3 Å². The lowest BCUT2D eigenvalue weighted by Gasteiger charge is -2.31. The summed E-state index contributed by atoms with van der Waals surface area (Å²) >= 11 is 0. The average Bonchev–Trinajstić information content (AvgIpc) is 3.21. The highest BCUT2D eigenvalue weighted by Crippen LogP contribution is 2.28. The zero-order valence-electron chi connectivity index (χ0n) is 16.1. The molecule has 8 nitrogen and oxygen atoms in total. The van der Waals surface area contributed by atoms with Gasteiger partial charge in [-0.25, -0.2) is 4.79 Å². The largest absolute Gasteiger partial charge is 0.428 e. The number of nitrogens with one attached hydrogen (secondary N) is 2. The van der Waals surface area contributed by atoms with Crippen LogP contribution in [0.15, 0.2) is 11.9 Å². The monoisotopic (exact) mass is 435 g/mol. The zero-order chi connectivity index (χ0) is 17.9. The topological polar surface area (TPSA) is 77.1 Å². The van der Waals surface area contributed by atoms with E-state index in [2.05, 4.69) is 15.5 Å². The Morgan fingerprint density at radius 1 is 1.11 bits per heavy atom. The number of ether oxygens (including phenoxy) is 1. The number of hydrogen-bond acceptors (Lipinski definition) is 6. The fourth-order valence-corrected chi connectivity index (χ4v) is 4.37. The van der Waals surface area contributed by atoms with Crippen LogP contribution in [0.4, 0.5) is 4.79 Å². The molecule has 0 spiro atoms. The van der Waals surface area contributed by atoms with Crippen molar-refractivity contribution in [2.75, 3.05) is 33.2 Å². The van der Waals surface area contributed by atoms with Crippen molar-refractivity contribution in [1.29, 1.82) is 0 Å². The van der Waals surface area contributed by atoms with Gasteiger partial charge in [-0.2, -0.15) is 0 Å². The van der Waals surface area contributed by atoms with Crippen LogP contribution in [-0.4, -0.2) is 71.9 Å². The Hall–Kier alpha value is -1.38. The molecule has 28 heavy (non-hydrogen) atoms. The number of rotatable bonds is 4. The molecule has 0 aromatic carbocycles. The number of nitrogens with zero attached hydrogens (tertiary/aromatic N) is 3. The number of carbonyl (C=O) groups excluding carboxylic acids is 2. The Morgan fingerprint density at radius 3 is 2.50 bits per heavy atom. The highest BCUT2D eigenvalue weighted by molar-refractivity contribution is 5.95. The summed E-state index contributed by atoms with van der Waals surface area (Å²) in [4.78, 5) is 30.6. The van der Waals surface area contributed by atoms with E-state index >= 15 is 0 Å². The molecule has 3 heterocycles. The van der Waals surface area contributed by atoms with Gasteiger partial charge in [-0.05, 0) is 38.8 Å². The van der Waals surface area contributed by atoms with Crippen molar-refractivity contribution in [2.24, 2.45) is 0 Å². The molecule has 0 unspecified atom stereocenters. The number of halogens is 2. The van der Waals surface area contributed by atoms with Gasteiger partial charge in [0.05, 0.1) is 13.3 Å². The third kappa shape index (κ3) is 5.15. The van der Waals surface area contributed by atoms with Crippen LogP contribution in [0.1, 0.15) is 44.9 Å². The zero-order valence-corrected chi connectivity index (χ0v) is 17.7. The summed E-state index contributed by atoms with van der Waals surface area (Å²) in [7, 11) is 0. The Bertz CT molecular complexity index is 580. The van der Waals surface area contributed by atoms with Gasteiger partial charge >= 0.3 is 6.09 Å². The highest BCUT2D eigenvalue weighted by atomic mass is 35.5. The van der Waals surface area contributed by atoms with Crippen molar-refractivity contribution in [3.05, 3.63) is 11.9 Å². The molecule has 2 amide bonds. The van der Waals surface area contributed by atoms with Crippen LogP contribution >= 0.6 is 24.8 Å². The molecule has 0 radical (unpaired) electrons. The Labute approximate surface area is 178 Å². The third-order valence-electron chi connectivity index (χ3n) is 5.84. The predicted octanol–water partition coefficient (Wildman–Crippen LogP) is 1.81. The van der Waals surface area contributed by atoms with Gasteiger partial charge in [-0.3, -0.25) is 4.79 Å². The number of fused-ring (bicyclic) bond motifs is 1. The van der Waals surface area contributed by atoms with E-state index in [4.69, 9.17) is 4.74 Å². The summed E-state index contributed by atoms with van der Waals surface area (Å²) in [5, 5.41) is 6.29. The van der Waals surface area contributed by atoms with Crippen LogP contribution < -0.4 is 10.6 Å². The standard InChI is InChI=1S/C18H29N5O3.2ClH/c24-17-16-10-21(13-26-18(25)20-14-4-2-1-3-5-14)11-22(16)12-23(17)15-6-8-19-9-7-15;;/h10,14-15,19H,1-9,11-13H2,(H,20,25);2*1H. The second-order valence-corrected chi connectivity index (χ2v) is 7.72. The molecule has 0 bridgehead atoms. The Balaban J connectivity index is 0.00000140. The summed E-state index contributed by atoms with van der Waals surface area (Å²) in [5.74, 6) is 0.103. The first kappa shape index (κ1) is 22.9. The van der Waals surface area contributed by atoms with E-state index in [0.29, 0.717) is 19.4 Å². The lowest BCUT2D eigenvalue weighted by atomic mass is 9.96. The van der Waals surface area contributed by atoms with E-state index in [1.54, 1.807) is 0 Å². The van der Waals surface area contributed by atoms with Gasteiger partial charge < -0.3 is 30.1 Å². The quantitative estimate of drug-likeness (QED) is 0.700. The van der Waals surface area contributed by atoms with E-state index in [1.165, 1.54) is 19.3 Å². The van der Waals surface area contributed by atoms with Gasteiger partial charge in [0.2, 0.25) is 0 Å². The van der Waals surface area contributed by atoms with Gasteiger partial charge in [0.1, 0.15) is 5.70 Å². The minimum absolute atomic E-state index is 0. The van der Waals surface area contributed by atoms with Gasteiger partial charge in [0.15, 0.2) is 6.73 Å². The van der Waals surface area contributed by atoms with Crippen LogP contribution in [0, 0.1) is 0 Å². The van der Waals surface area contributed by atoms with Crippen molar-refractivity contribution >= 4 is 36.8 Å². The molecule has 1 aliphatic carbocycles. The fraction of sp³-hybridized carbons (Fsp3) is 0.778. The molecule has 3 aliphatic heterocycles. The lowest BCUT2D eigenvalue weighted by Crippen LogP contribution is -2.45. The summed E-state index contributed by atoms with van der Waals surface area (Å²) in [6.07, 6.45) is 9.19. The third-order valence-corrected chi connectivity index (χ3v) is 5.84. The first-order valence-electron chi connectivity index (χ1n) is 9.86. The molecule has 3 fully saturated rings. The first-order valence-corrected chi connectivity index (χ1v) is 9.86. The van der Waals surface area contributed by atoms with Crippen molar-refractivity contribution in [2.45, 2.75) is 57.0 Å². The van der Waals surface area contributed by atoms with Crippen molar-refractivity contribution in [1.82, 2.24) is 25.3 Å². The number of amides is 2. The van der Waals surface area contributed by atoms with Crippen molar-refractivity contribution in [3.63, 3.8) is 0 Å². The van der Waals surface area contributed by atoms with Crippen LogP contribution in [0.25, 0.3) is 0 Å². The molecule has 0 aromatic heterocycles. The Kier molecular flexibility index (Phi) is 8.52. The fourth-order valence-electron chi connectivity index (χ4n) is 4.37. The molecular weight excluding hydrogens is 405 g/mol. The average molecular weight is 436 g/mol. The van der Waals surface area contributed by atoms with Gasteiger partial charge in [0, 0.05) is 18.3 Å². The minimum atomic E-state index is -0.356. The van der Waals surface area contributed by atoms with Crippen LogP contribution in [-0.2, 0) is 9.53 Å². The van der Waals surface area contributed by atoms with Crippen LogP contribution in [0.2, 0.25) is 0 Å². The van der Waals surface area contributed by atoms with E-state index < -0.39 is 0 Å². The normalized spacial score (nSPS) is 22.9. The predicted molar refractivity (Wildman–Crippen MR) is 110 cm³/mol. The molecule has 4 aliphatic rings. The van der Waals surface area contributed by atoms with Gasteiger partial charge in [0.25, 0.3) is 5.91 Å². The van der Waals surface area contributed by atoms with Crippen molar-refractivity contribution in [3.8, 4) is 0 Å². The molecule has 160 valence electrons. The maximum atomic E-state index is 12.7. The SMILES string of the molecule is Cl.Cl.O=C(NC1CCCCC1)OCN1C=C2C(=O)N(C3CCNCC3)CN2C1. The number of alkyl carbamates (subject to hydrolysis) is 1. The molecular formula is C18H31Cl2N5O3. The van der Waals surface area contributed by atoms with Crippen LogP contribution in [0.5, 0.6) is 0 Å². The number of carbonyl (C=O) groups is 2. The Morgan fingerprint density at radius 2 is 1.82 bits per heavy atom. The summed E-state index contributed by atoms with van der Waals surface area (Å²) < 4.78 is 5.34. The maximum Gasteiger partial charge on any atom is 0.409 e. The molecule has 10 heteroatoms. The smallest absolute Gasteiger partial charge is 0.409 e. The molecule has 4 rings (SSSR count). The summed E-state index contributed by atoms with van der Waals surface area (Å²) in [6.45, 7) is 3.37. The number of hydrogen-bond donors (Lipinski definition) is 2. The van der Waals surface area contributed by atoms with E-state index in [1.807, 2.05) is 16.0 Å². The first-order chi connectivity index (χ1) is 12.7. The van der Waals surface area contributed by atoms with E-state index in [-0.39, 0.29) is 49.6 Å². The molecule has 1 saturated carbocycles. The maximum absolute atomic E-state index is 12.7. The van der Waals surface area contributed by atoms with E-state index in [9.17, 15) is 9.59 Å². The van der Waals surface area contributed by atoms with Gasteiger partial charge in [-0.15, -0.1) is 24.8 Å². The van der Waals surface area contributed by atoms with Gasteiger partial charge in [-0.1, -0.05) is 19.3 Å². The minimum Gasteiger partial charge on any atom is -0.428 e. The summed E-state index contributed by atoms with van der Waals surface area (Å²) in [6, 6.07) is 0.581.